The molecule has 4 nitrogen and oxygen atoms in total. The number of hydrogen-bond donors (Lipinski definition) is 0. The summed E-state index contributed by atoms with van der Waals surface area (Å²) in [6.07, 6.45) is 0.542. The number of rotatable bonds is 7. The molecule has 0 aliphatic carbocycles. The minimum Gasteiger partial charge on any atom is -0.469 e. The van der Waals surface area contributed by atoms with Crippen LogP contribution in [0.1, 0.15) is 22.8 Å². The van der Waals surface area contributed by atoms with Crippen molar-refractivity contribution in [2.75, 3.05) is 20.2 Å². The van der Waals surface area contributed by atoms with Crippen molar-refractivity contribution in [3.63, 3.8) is 0 Å². The van der Waals surface area contributed by atoms with Crippen molar-refractivity contribution in [3.8, 4) is 0 Å². The van der Waals surface area contributed by atoms with E-state index in [1.165, 1.54) is 19.2 Å². The van der Waals surface area contributed by atoms with Crippen LogP contribution in [0.4, 0.5) is 4.39 Å². The van der Waals surface area contributed by atoms with E-state index >= 15 is 0 Å². The van der Waals surface area contributed by atoms with Gasteiger partial charge in [-0.05, 0) is 42.3 Å². The van der Waals surface area contributed by atoms with E-state index in [1.54, 1.807) is 48.2 Å². The summed E-state index contributed by atoms with van der Waals surface area (Å²) >= 11 is 5.98. The summed E-state index contributed by atoms with van der Waals surface area (Å²) in [7, 11) is 1.32. The maximum atomic E-state index is 13.0. The van der Waals surface area contributed by atoms with Gasteiger partial charge in [-0.2, -0.15) is 0 Å². The van der Waals surface area contributed by atoms with E-state index in [0.717, 1.165) is 5.56 Å². The Morgan fingerprint density at radius 2 is 1.88 bits per heavy atom. The van der Waals surface area contributed by atoms with Crippen molar-refractivity contribution >= 4 is 23.5 Å². The number of halogens is 2. The average molecular weight is 378 g/mol. The quantitative estimate of drug-likeness (QED) is 0.686. The Labute approximate surface area is 157 Å². The molecule has 0 aliphatic rings. The zero-order valence-electron chi connectivity index (χ0n) is 14.7. The van der Waals surface area contributed by atoms with Gasteiger partial charge in [-0.15, -0.1) is 0 Å². The first-order valence-electron chi connectivity index (χ1n) is 8.28. The fourth-order valence-corrected chi connectivity index (χ4v) is 2.79. The third-order valence-corrected chi connectivity index (χ3v) is 4.28. The molecule has 0 spiro atoms. The third-order valence-electron chi connectivity index (χ3n) is 4.04. The largest absolute Gasteiger partial charge is 0.469 e. The highest BCUT2D eigenvalue weighted by atomic mass is 35.5. The lowest BCUT2D eigenvalue weighted by molar-refractivity contribution is -0.145. The maximum Gasteiger partial charge on any atom is 0.310 e. The van der Waals surface area contributed by atoms with Crippen LogP contribution in [0, 0.1) is 11.7 Å². The molecule has 0 N–H and O–H groups in total. The van der Waals surface area contributed by atoms with Gasteiger partial charge in [-0.1, -0.05) is 36.7 Å². The van der Waals surface area contributed by atoms with Gasteiger partial charge in [0.1, 0.15) is 5.82 Å². The van der Waals surface area contributed by atoms with E-state index in [2.05, 4.69) is 0 Å². The number of nitrogens with zero attached hydrogens (tertiary/aromatic N) is 1. The Morgan fingerprint density at radius 1 is 1.19 bits per heavy atom. The molecule has 0 aromatic heterocycles. The lowest BCUT2D eigenvalue weighted by Gasteiger charge is -2.25. The molecule has 2 aromatic carbocycles. The van der Waals surface area contributed by atoms with Crippen molar-refractivity contribution in [1.82, 2.24) is 4.90 Å². The van der Waals surface area contributed by atoms with Gasteiger partial charge < -0.3 is 9.64 Å². The number of ether oxygens (including phenoxy) is 1. The standard InChI is InChI=1S/C20H21ClFNO3/c1-14(20(25)26-2)13-23(11-10-15-6-8-18(22)9-7-15)19(24)16-4-3-5-17(21)12-16/h3-9,12,14H,10-11,13H2,1-2H3. The van der Waals surface area contributed by atoms with Gasteiger partial charge in [0.15, 0.2) is 0 Å². The zero-order chi connectivity index (χ0) is 19.1. The van der Waals surface area contributed by atoms with Gasteiger partial charge in [0.25, 0.3) is 5.91 Å². The number of methoxy groups -OCH3 is 1. The van der Waals surface area contributed by atoms with Gasteiger partial charge in [-0.25, -0.2) is 4.39 Å². The smallest absolute Gasteiger partial charge is 0.310 e. The van der Waals surface area contributed by atoms with E-state index in [0.29, 0.717) is 23.6 Å². The van der Waals surface area contributed by atoms with Crippen molar-refractivity contribution < 1.29 is 18.7 Å². The molecular formula is C20H21ClFNO3. The summed E-state index contributed by atoms with van der Waals surface area (Å²) in [5.41, 5.74) is 1.36. The van der Waals surface area contributed by atoms with E-state index in [9.17, 15) is 14.0 Å². The van der Waals surface area contributed by atoms with Crippen LogP contribution in [0.15, 0.2) is 48.5 Å². The summed E-state index contributed by atoms with van der Waals surface area (Å²) in [6.45, 7) is 2.32. The van der Waals surface area contributed by atoms with Crippen LogP contribution >= 0.6 is 11.6 Å². The number of benzene rings is 2. The second-order valence-electron chi connectivity index (χ2n) is 6.06. The second-order valence-corrected chi connectivity index (χ2v) is 6.50. The SMILES string of the molecule is COC(=O)C(C)CN(CCc1ccc(F)cc1)C(=O)c1cccc(Cl)c1. The fourth-order valence-electron chi connectivity index (χ4n) is 2.60. The van der Waals surface area contributed by atoms with Crippen LogP contribution in [-0.2, 0) is 16.0 Å². The molecule has 0 aliphatic heterocycles. The fraction of sp³-hybridized carbons (Fsp3) is 0.300. The molecule has 1 atom stereocenters. The number of esters is 1. The first kappa shape index (κ1) is 19.9. The Morgan fingerprint density at radius 3 is 2.50 bits per heavy atom. The highest BCUT2D eigenvalue weighted by Crippen LogP contribution is 2.15. The summed E-state index contributed by atoms with van der Waals surface area (Å²) in [4.78, 5) is 26.2. The number of amides is 1. The van der Waals surface area contributed by atoms with Gasteiger partial charge in [-0.3, -0.25) is 9.59 Å². The molecule has 138 valence electrons. The Hall–Kier alpha value is -2.40. The predicted molar refractivity (Wildman–Crippen MR) is 98.6 cm³/mol. The molecule has 0 saturated carbocycles. The van der Waals surface area contributed by atoms with Crippen molar-refractivity contribution in [3.05, 3.63) is 70.5 Å². The minimum atomic E-state index is -0.462. The normalized spacial score (nSPS) is 11.7. The molecule has 1 amide bonds. The molecule has 1 unspecified atom stereocenters. The first-order chi connectivity index (χ1) is 12.4. The molecule has 2 rings (SSSR count). The lowest BCUT2D eigenvalue weighted by atomic mass is 10.1. The van der Waals surface area contributed by atoms with Gasteiger partial charge in [0.2, 0.25) is 0 Å². The monoisotopic (exact) mass is 377 g/mol. The molecule has 0 radical (unpaired) electrons. The van der Waals surface area contributed by atoms with Gasteiger partial charge in [0, 0.05) is 23.7 Å². The molecule has 0 fully saturated rings. The molecule has 26 heavy (non-hydrogen) atoms. The Kier molecular flexibility index (Phi) is 7.16. The summed E-state index contributed by atoms with van der Waals surface area (Å²) in [6, 6.07) is 12.8. The molecule has 0 heterocycles. The second kappa shape index (κ2) is 9.34. The van der Waals surface area contributed by atoms with Crippen LogP contribution < -0.4 is 0 Å². The zero-order valence-corrected chi connectivity index (χ0v) is 15.5. The molecule has 0 bridgehead atoms. The average Bonchev–Trinajstić information content (AvgIpc) is 2.64. The molecule has 6 heteroatoms. The van der Waals surface area contributed by atoms with Crippen LogP contribution in [0.3, 0.4) is 0 Å². The van der Waals surface area contributed by atoms with Crippen molar-refractivity contribution in [1.29, 1.82) is 0 Å². The van der Waals surface area contributed by atoms with Crippen LogP contribution in [0.25, 0.3) is 0 Å². The van der Waals surface area contributed by atoms with E-state index < -0.39 is 5.92 Å². The number of carbonyl (C=O) groups is 2. The summed E-state index contributed by atoms with van der Waals surface area (Å²) in [5.74, 6) is -1.36. The topological polar surface area (TPSA) is 46.6 Å². The van der Waals surface area contributed by atoms with Crippen LogP contribution in [0.2, 0.25) is 5.02 Å². The lowest BCUT2D eigenvalue weighted by Crippen LogP contribution is -2.38. The summed E-state index contributed by atoms with van der Waals surface area (Å²) in [5, 5.41) is 0.468. The molecule has 2 aromatic rings. The van der Waals surface area contributed by atoms with Gasteiger partial charge in [0.05, 0.1) is 13.0 Å². The Balaban J connectivity index is 2.16. The highest BCUT2D eigenvalue weighted by Gasteiger charge is 2.22. The third kappa shape index (κ3) is 5.56. The Bertz CT molecular complexity index is 764. The first-order valence-corrected chi connectivity index (χ1v) is 8.65. The maximum absolute atomic E-state index is 13.0. The number of hydrogen-bond acceptors (Lipinski definition) is 3. The van der Waals surface area contributed by atoms with Gasteiger partial charge >= 0.3 is 5.97 Å². The van der Waals surface area contributed by atoms with E-state index in [4.69, 9.17) is 16.3 Å². The van der Waals surface area contributed by atoms with E-state index in [-0.39, 0.29) is 24.2 Å². The molecular weight excluding hydrogens is 357 g/mol. The predicted octanol–water partition coefficient (Wildman–Crippen LogP) is 3.97. The van der Waals surface area contributed by atoms with Crippen LogP contribution in [-0.4, -0.2) is 37.0 Å². The van der Waals surface area contributed by atoms with Crippen molar-refractivity contribution in [2.24, 2.45) is 5.92 Å². The van der Waals surface area contributed by atoms with Crippen LogP contribution in [0.5, 0.6) is 0 Å². The van der Waals surface area contributed by atoms with Crippen molar-refractivity contribution in [2.45, 2.75) is 13.3 Å². The number of carbonyl (C=O) groups excluding carboxylic acids is 2. The summed E-state index contributed by atoms with van der Waals surface area (Å²) < 4.78 is 17.8. The highest BCUT2D eigenvalue weighted by molar-refractivity contribution is 6.30. The van der Waals surface area contributed by atoms with E-state index in [1.807, 2.05) is 0 Å². The molecule has 0 saturated heterocycles. The minimum absolute atomic E-state index is 0.217.